The Balaban J connectivity index is 3.45. The van der Waals surface area contributed by atoms with Gasteiger partial charge in [-0.1, -0.05) is 31.4 Å². The van der Waals surface area contributed by atoms with E-state index in [1.807, 2.05) is 13.0 Å². The van der Waals surface area contributed by atoms with Crippen molar-refractivity contribution in [3.05, 3.63) is 42.0 Å². The first kappa shape index (κ1) is 8.60. The van der Waals surface area contributed by atoms with Gasteiger partial charge in [0.1, 0.15) is 5.75 Å². The summed E-state index contributed by atoms with van der Waals surface area (Å²) in [5, 5.41) is 9.37. The van der Waals surface area contributed by atoms with Gasteiger partial charge in [-0.2, -0.15) is 0 Å². The van der Waals surface area contributed by atoms with Crippen LogP contribution in [0.15, 0.2) is 25.3 Å². The Labute approximate surface area is 72.7 Å². The predicted molar refractivity (Wildman–Crippen MR) is 53.0 cm³/mol. The fraction of sp³-hybridized carbons (Fsp3) is 0.0909. The van der Waals surface area contributed by atoms with E-state index in [9.17, 15) is 5.11 Å². The van der Waals surface area contributed by atoms with Crippen LogP contribution in [0.2, 0.25) is 0 Å². The molecule has 0 atom stereocenters. The van der Waals surface area contributed by atoms with Gasteiger partial charge in [-0.25, -0.2) is 0 Å². The molecule has 0 aliphatic heterocycles. The molecule has 0 aromatic heterocycles. The van der Waals surface area contributed by atoms with E-state index in [0.29, 0.717) is 5.75 Å². The molecule has 0 saturated heterocycles. The van der Waals surface area contributed by atoms with Crippen LogP contribution < -0.4 is 0 Å². The highest BCUT2D eigenvalue weighted by atomic mass is 16.3. The first-order chi connectivity index (χ1) is 5.70. The normalized spacial score (nSPS) is 9.42. The fourth-order valence-corrected chi connectivity index (χ4v) is 1.19. The smallest absolute Gasteiger partial charge is 0.119 e. The zero-order valence-electron chi connectivity index (χ0n) is 7.17. The molecule has 12 heavy (non-hydrogen) atoms. The summed E-state index contributed by atoms with van der Waals surface area (Å²) in [5.74, 6) is 0.301. The summed E-state index contributed by atoms with van der Waals surface area (Å²) in [6, 6.07) is 3.49. The second-order valence-electron chi connectivity index (χ2n) is 2.62. The third-order valence-corrected chi connectivity index (χ3v) is 1.94. The van der Waals surface area contributed by atoms with Gasteiger partial charge < -0.3 is 5.11 Å². The molecule has 1 heteroatoms. The molecule has 1 nitrogen and oxygen atoms in total. The van der Waals surface area contributed by atoms with Crippen LogP contribution in [0, 0.1) is 6.92 Å². The van der Waals surface area contributed by atoms with E-state index in [2.05, 4.69) is 13.2 Å². The quantitative estimate of drug-likeness (QED) is 0.705. The lowest BCUT2D eigenvalue weighted by Gasteiger charge is -2.06. The van der Waals surface area contributed by atoms with Crippen molar-refractivity contribution in [2.45, 2.75) is 6.92 Å². The van der Waals surface area contributed by atoms with Crippen LogP contribution in [0.4, 0.5) is 0 Å². The van der Waals surface area contributed by atoms with Gasteiger partial charge in [0.15, 0.2) is 0 Å². The Hall–Kier alpha value is -1.50. The minimum absolute atomic E-state index is 0.301. The average molecular weight is 160 g/mol. The highest BCUT2D eigenvalue weighted by Gasteiger charge is 2.03. The summed E-state index contributed by atoms with van der Waals surface area (Å²) >= 11 is 0. The fourth-order valence-electron chi connectivity index (χ4n) is 1.19. The molecule has 1 N–H and O–H groups in total. The molecule has 0 unspecified atom stereocenters. The van der Waals surface area contributed by atoms with Crippen LogP contribution in [0.25, 0.3) is 12.2 Å². The number of hydrogen-bond donors (Lipinski definition) is 1. The topological polar surface area (TPSA) is 20.2 Å². The number of hydrogen-bond acceptors (Lipinski definition) is 1. The van der Waals surface area contributed by atoms with Crippen molar-refractivity contribution in [2.24, 2.45) is 0 Å². The Morgan fingerprint density at radius 1 is 1.25 bits per heavy atom. The van der Waals surface area contributed by atoms with Crippen molar-refractivity contribution in [1.82, 2.24) is 0 Å². The molecule has 0 amide bonds. The molecule has 0 bridgehead atoms. The van der Waals surface area contributed by atoms with E-state index in [-0.39, 0.29) is 0 Å². The molecule has 0 spiro atoms. The Morgan fingerprint density at radius 2 is 1.92 bits per heavy atom. The van der Waals surface area contributed by atoms with E-state index in [1.165, 1.54) is 0 Å². The largest absolute Gasteiger partial charge is 0.508 e. The van der Waals surface area contributed by atoms with Gasteiger partial charge in [-0.15, -0.1) is 0 Å². The standard InChI is InChI=1S/C11H12O/c1-4-9-6-7-11(12)8(3)10(9)5-2/h4-7,12H,1-2H2,3H3. The van der Waals surface area contributed by atoms with E-state index in [0.717, 1.165) is 16.7 Å². The van der Waals surface area contributed by atoms with Crippen molar-refractivity contribution in [1.29, 1.82) is 0 Å². The average Bonchev–Trinajstić information content (AvgIpc) is 2.09. The first-order valence-electron chi connectivity index (χ1n) is 3.78. The third kappa shape index (κ3) is 1.26. The van der Waals surface area contributed by atoms with Crippen molar-refractivity contribution in [2.75, 3.05) is 0 Å². The zero-order valence-corrected chi connectivity index (χ0v) is 7.17. The lowest BCUT2D eigenvalue weighted by Crippen LogP contribution is -1.85. The number of aromatic hydroxyl groups is 1. The van der Waals surface area contributed by atoms with Gasteiger partial charge >= 0.3 is 0 Å². The highest BCUT2D eigenvalue weighted by molar-refractivity contribution is 5.68. The minimum Gasteiger partial charge on any atom is -0.508 e. The molecule has 0 fully saturated rings. The van der Waals surface area contributed by atoms with Gasteiger partial charge in [-0.05, 0) is 29.7 Å². The van der Waals surface area contributed by atoms with Crippen LogP contribution in [0.1, 0.15) is 16.7 Å². The van der Waals surface area contributed by atoms with E-state index >= 15 is 0 Å². The number of phenols is 1. The molecule has 1 aromatic carbocycles. The Morgan fingerprint density at radius 3 is 2.42 bits per heavy atom. The van der Waals surface area contributed by atoms with Gasteiger partial charge in [0.2, 0.25) is 0 Å². The maximum Gasteiger partial charge on any atom is 0.119 e. The first-order valence-corrected chi connectivity index (χ1v) is 3.78. The second kappa shape index (κ2) is 3.26. The highest BCUT2D eigenvalue weighted by Crippen LogP contribution is 2.24. The van der Waals surface area contributed by atoms with Crippen LogP contribution in [-0.2, 0) is 0 Å². The molecular formula is C11H12O. The lowest BCUT2D eigenvalue weighted by atomic mass is 10.0. The lowest BCUT2D eigenvalue weighted by molar-refractivity contribution is 0.471. The zero-order chi connectivity index (χ0) is 9.14. The molecule has 0 aliphatic rings. The van der Waals surface area contributed by atoms with Crippen molar-refractivity contribution in [3.8, 4) is 5.75 Å². The maximum atomic E-state index is 9.37. The van der Waals surface area contributed by atoms with Crippen LogP contribution in [0.5, 0.6) is 5.75 Å². The Bertz CT molecular complexity index is 324. The Kier molecular flexibility index (Phi) is 2.34. The van der Waals surface area contributed by atoms with Crippen LogP contribution in [-0.4, -0.2) is 5.11 Å². The van der Waals surface area contributed by atoms with Gasteiger partial charge in [-0.3, -0.25) is 0 Å². The van der Waals surface area contributed by atoms with Crippen molar-refractivity contribution < 1.29 is 5.11 Å². The molecule has 1 rings (SSSR count). The van der Waals surface area contributed by atoms with Crippen molar-refractivity contribution in [3.63, 3.8) is 0 Å². The van der Waals surface area contributed by atoms with Gasteiger partial charge in [0.25, 0.3) is 0 Å². The number of benzene rings is 1. The summed E-state index contributed by atoms with van der Waals surface area (Å²) in [5.41, 5.74) is 2.80. The maximum absolute atomic E-state index is 9.37. The number of phenolic OH excluding ortho intramolecular Hbond substituents is 1. The third-order valence-electron chi connectivity index (χ3n) is 1.94. The molecule has 0 radical (unpaired) electrons. The SMILES string of the molecule is C=Cc1ccc(O)c(C)c1C=C. The second-order valence-corrected chi connectivity index (χ2v) is 2.62. The summed E-state index contributed by atoms with van der Waals surface area (Å²) in [6.07, 6.45) is 3.48. The van der Waals surface area contributed by atoms with Crippen molar-refractivity contribution >= 4 is 12.2 Å². The molecule has 0 aliphatic carbocycles. The molecule has 0 heterocycles. The van der Waals surface area contributed by atoms with Gasteiger partial charge in [0.05, 0.1) is 0 Å². The summed E-state index contributed by atoms with van der Waals surface area (Å²) in [6.45, 7) is 9.22. The predicted octanol–water partition coefficient (Wildman–Crippen LogP) is 2.99. The molecule has 0 saturated carbocycles. The van der Waals surface area contributed by atoms with E-state index < -0.39 is 0 Å². The minimum atomic E-state index is 0.301. The monoisotopic (exact) mass is 160 g/mol. The summed E-state index contributed by atoms with van der Waals surface area (Å²) in [7, 11) is 0. The molecule has 62 valence electrons. The van der Waals surface area contributed by atoms with Crippen LogP contribution >= 0.6 is 0 Å². The number of rotatable bonds is 2. The molecule has 1 aromatic rings. The summed E-state index contributed by atoms with van der Waals surface area (Å²) < 4.78 is 0. The summed E-state index contributed by atoms with van der Waals surface area (Å²) in [4.78, 5) is 0. The van der Waals surface area contributed by atoms with Crippen LogP contribution in [0.3, 0.4) is 0 Å². The van der Waals surface area contributed by atoms with Gasteiger partial charge in [0, 0.05) is 0 Å². The van der Waals surface area contributed by atoms with E-state index in [4.69, 9.17) is 0 Å². The molecular weight excluding hydrogens is 148 g/mol. The van der Waals surface area contributed by atoms with E-state index in [1.54, 1.807) is 18.2 Å².